The second-order valence-electron chi connectivity index (χ2n) is 26.6. The molecular formula is C75H142O17P2. The Balaban J connectivity index is 5.29. The van der Waals surface area contributed by atoms with Crippen molar-refractivity contribution in [1.29, 1.82) is 0 Å². The fraction of sp³-hybridized carbons (Fsp3) is 0.893. The number of carbonyl (C=O) groups is 4. The van der Waals surface area contributed by atoms with Crippen LogP contribution in [0.3, 0.4) is 0 Å². The third-order valence-corrected chi connectivity index (χ3v) is 19.2. The number of phosphoric acid groups is 2. The number of aliphatic hydroxyl groups is 1. The molecule has 0 rings (SSSR count). The van der Waals surface area contributed by atoms with Crippen molar-refractivity contribution >= 4 is 39.5 Å². The summed E-state index contributed by atoms with van der Waals surface area (Å²) in [5.41, 5.74) is 0. The Hall–Kier alpha value is -2.46. The minimum atomic E-state index is -4.96. The van der Waals surface area contributed by atoms with Crippen LogP contribution < -0.4 is 0 Å². The first-order valence-corrected chi connectivity index (χ1v) is 41.5. The molecule has 0 radical (unpaired) electrons. The zero-order valence-electron chi connectivity index (χ0n) is 60.6. The third kappa shape index (κ3) is 66.8. The van der Waals surface area contributed by atoms with Crippen molar-refractivity contribution in [1.82, 2.24) is 0 Å². The van der Waals surface area contributed by atoms with Crippen LogP contribution in [0.5, 0.6) is 0 Å². The lowest BCUT2D eigenvalue weighted by atomic mass is 10.00. The summed E-state index contributed by atoms with van der Waals surface area (Å²) in [7, 11) is -9.92. The molecule has 3 unspecified atom stereocenters. The van der Waals surface area contributed by atoms with Crippen LogP contribution in [-0.2, 0) is 65.4 Å². The smallest absolute Gasteiger partial charge is 0.462 e. The topological polar surface area (TPSA) is 237 Å². The Kier molecular flexibility index (Phi) is 65.9. The highest BCUT2D eigenvalue weighted by atomic mass is 31.2. The van der Waals surface area contributed by atoms with Crippen LogP contribution in [-0.4, -0.2) is 96.7 Å². The number of esters is 4. The van der Waals surface area contributed by atoms with Crippen molar-refractivity contribution in [2.75, 3.05) is 39.6 Å². The molecule has 0 spiro atoms. The van der Waals surface area contributed by atoms with Crippen LogP contribution in [0.25, 0.3) is 0 Å². The Morgan fingerprint density at radius 3 is 0.904 bits per heavy atom. The second-order valence-corrected chi connectivity index (χ2v) is 29.5. The minimum absolute atomic E-state index is 0.0856. The summed E-state index contributed by atoms with van der Waals surface area (Å²) in [6.07, 6.45) is 59.0. The van der Waals surface area contributed by atoms with E-state index in [-0.39, 0.29) is 25.7 Å². The number of rotatable bonds is 73. The van der Waals surface area contributed by atoms with Gasteiger partial charge >= 0.3 is 39.5 Å². The van der Waals surface area contributed by atoms with Crippen LogP contribution in [0.15, 0.2) is 24.3 Å². The average molecular weight is 1380 g/mol. The first-order valence-electron chi connectivity index (χ1n) is 38.5. The highest BCUT2D eigenvalue weighted by Gasteiger charge is 2.30. The first kappa shape index (κ1) is 91.5. The van der Waals surface area contributed by atoms with Crippen molar-refractivity contribution in [2.45, 2.75) is 387 Å². The molecule has 0 bridgehead atoms. The predicted molar refractivity (Wildman–Crippen MR) is 381 cm³/mol. The maximum absolute atomic E-state index is 13.1. The summed E-state index contributed by atoms with van der Waals surface area (Å²) in [5, 5.41) is 10.6. The first-order chi connectivity index (χ1) is 45.6. The van der Waals surface area contributed by atoms with Crippen molar-refractivity contribution in [2.24, 2.45) is 5.92 Å². The molecule has 0 heterocycles. The Morgan fingerprint density at radius 2 is 0.596 bits per heavy atom. The molecular weight excluding hydrogens is 1230 g/mol. The molecule has 94 heavy (non-hydrogen) atoms. The van der Waals surface area contributed by atoms with Gasteiger partial charge in [-0.15, -0.1) is 0 Å². The molecule has 0 saturated heterocycles. The fourth-order valence-corrected chi connectivity index (χ4v) is 12.5. The normalized spacial score (nSPS) is 14.4. The monoisotopic (exact) mass is 1380 g/mol. The number of carbonyl (C=O) groups excluding carboxylic acids is 4. The predicted octanol–water partition coefficient (Wildman–Crippen LogP) is 21.6. The molecule has 17 nitrogen and oxygen atoms in total. The maximum atomic E-state index is 13.1. The van der Waals surface area contributed by atoms with E-state index in [2.05, 4.69) is 58.9 Å². The average Bonchev–Trinajstić information content (AvgIpc) is 3.01. The van der Waals surface area contributed by atoms with Gasteiger partial charge in [0.1, 0.15) is 19.3 Å². The molecule has 3 N–H and O–H groups in total. The third-order valence-electron chi connectivity index (χ3n) is 17.3. The van der Waals surface area contributed by atoms with E-state index < -0.39 is 97.5 Å². The van der Waals surface area contributed by atoms with Crippen LogP contribution in [0.1, 0.15) is 369 Å². The van der Waals surface area contributed by atoms with E-state index in [9.17, 15) is 43.2 Å². The van der Waals surface area contributed by atoms with Crippen LogP contribution in [0.4, 0.5) is 0 Å². The van der Waals surface area contributed by atoms with Gasteiger partial charge in [0, 0.05) is 25.7 Å². The molecule has 0 aromatic heterocycles. The molecule has 0 fully saturated rings. The lowest BCUT2D eigenvalue weighted by Crippen LogP contribution is -2.30. The number of phosphoric ester groups is 2. The second kappa shape index (κ2) is 67.7. The van der Waals surface area contributed by atoms with Crippen LogP contribution in [0.2, 0.25) is 0 Å². The zero-order chi connectivity index (χ0) is 69.1. The molecule has 19 heteroatoms. The van der Waals surface area contributed by atoms with Gasteiger partial charge in [0.15, 0.2) is 12.2 Å². The van der Waals surface area contributed by atoms with Crippen molar-refractivity contribution in [3.05, 3.63) is 24.3 Å². The molecule has 6 atom stereocenters. The highest BCUT2D eigenvalue weighted by molar-refractivity contribution is 7.47. The number of hydrogen-bond acceptors (Lipinski definition) is 15. The largest absolute Gasteiger partial charge is 0.472 e. The zero-order valence-corrected chi connectivity index (χ0v) is 62.4. The van der Waals surface area contributed by atoms with E-state index in [1.54, 1.807) is 0 Å². The lowest BCUT2D eigenvalue weighted by molar-refractivity contribution is -0.161. The minimum Gasteiger partial charge on any atom is -0.462 e. The molecule has 554 valence electrons. The van der Waals surface area contributed by atoms with Gasteiger partial charge in [-0.05, 0) is 57.3 Å². The van der Waals surface area contributed by atoms with Crippen LogP contribution in [0, 0.1) is 5.92 Å². The van der Waals surface area contributed by atoms with E-state index >= 15 is 0 Å². The van der Waals surface area contributed by atoms with Gasteiger partial charge in [-0.1, -0.05) is 316 Å². The van der Waals surface area contributed by atoms with Gasteiger partial charge in [0.25, 0.3) is 0 Å². The van der Waals surface area contributed by atoms with Gasteiger partial charge in [-0.25, -0.2) is 9.13 Å². The van der Waals surface area contributed by atoms with Crippen LogP contribution >= 0.6 is 15.6 Å². The quantitative estimate of drug-likeness (QED) is 0.0169. The van der Waals surface area contributed by atoms with Gasteiger partial charge in [-0.2, -0.15) is 0 Å². The van der Waals surface area contributed by atoms with Gasteiger partial charge in [0.05, 0.1) is 26.4 Å². The molecule has 0 amide bonds. The molecule has 0 aromatic carbocycles. The fourth-order valence-electron chi connectivity index (χ4n) is 11.0. The standard InChI is InChI=1S/C75H142O17P2/c1-6-10-13-16-19-22-25-28-31-34-36-39-42-48-53-58-72(77)85-64-70(91-74(79)61-56-51-44-41-38-35-32-29-26-23-20-17-14-11-7-2)66-89-93(81,82)87-62-69(76)63-88-94(83,84)90-67-71(65-86-73(78)59-54-49-46-45-47-52-57-68(5)9-4)92-75(80)60-55-50-43-40-37-33-30-27-24-21-18-15-12-8-3/h23,26,29,32,68-71,76H,6-22,24-25,27-28,30-31,33-67H2,1-5H3,(H,81,82)(H,83,84)/b26-23-,32-29-/t68?,69-,70-,71-/m1/s1. The summed E-state index contributed by atoms with van der Waals surface area (Å²) in [6.45, 7) is 7.18. The molecule has 0 aliphatic rings. The Labute approximate surface area is 573 Å². The van der Waals surface area contributed by atoms with Gasteiger partial charge < -0.3 is 33.8 Å². The van der Waals surface area contributed by atoms with Crippen molar-refractivity contribution in [3.8, 4) is 0 Å². The lowest BCUT2D eigenvalue weighted by Gasteiger charge is -2.21. The van der Waals surface area contributed by atoms with E-state index in [1.807, 2.05) is 0 Å². The molecule has 0 aliphatic carbocycles. The maximum Gasteiger partial charge on any atom is 0.472 e. The SMILES string of the molecule is CCCCCC/C=C\C=C/CCCCCCCC(=O)O[C@H](COC(=O)CCCCCCCCCCCCCCCCC)COP(=O)(O)OC[C@@H](O)COP(=O)(O)OC[C@@H](COC(=O)CCCCCCCCC(C)CC)OC(=O)CCCCCCCCCCCCCCCC. The van der Waals surface area contributed by atoms with Gasteiger partial charge in [0.2, 0.25) is 0 Å². The number of hydrogen-bond donors (Lipinski definition) is 3. The summed E-state index contributed by atoms with van der Waals surface area (Å²) in [4.78, 5) is 72.7. The Morgan fingerprint density at radius 1 is 0.340 bits per heavy atom. The summed E-state index contributed by atoms with van der Waals surface area (Å²) >= 11 is 0. The number of ether oxygens (including phenoxy) is 4. The Bertz CT molecular complexity index is 1900. The summed E-state index contributed by atoms with van der Waals surface area (Å²) in [5.74, 6) is -1.42. The number of allylic oxidation sites excluding steroid dienone is 4. The van der Waals surface area contributed by atoms with Crippen molar-refractivity contribution < 1.29 is 80.2 Å². The summed E-state index contributed by atoms with van der Waals surface area (Å²) < 4.78 is 68.4. The molecule has 0 aromatic rings. The van der Waals surface area contributed by atoms with E-state index in [0.29, 0.717) is 25.7 Å². The molecule has 0 aliphatic heterocycles. The molecule has 0 saturated carbocycles. The number of aliphatic hydroxyl groups excluding tert-OH is 1. The van der Waals surface area contributed by atoms with Gasteiger partial charge in [-0.3, -0.25) is 37.3 Å². The number of unbranched alkanes of at least 4 members (excludes halogenated alkanes) is 41. The van der Waals surface area contributed by atoms with Crippen molar-refractivity contribution in [3.63, 3.8) is 0 Å². The van der Waals surface area contributed by atoms with E-state index in [1.165, 1.54) is 173 Å². The van der Waals surface area contributed by atoms with E-state index in [0.717, 1.165) is 115 Å². The highest BCUT2D eigenvalue weighted by Crippen LogP contribution is 2.45. The van der Waals surface area contributed by atoms with E-state index in [4.69, 9.17) is 37.0 Å². The summed E-state index contributed by atoms with van der Waals surface area (Å²) in [6, 6.07) is 0.